The number of carbonyl (C=O) groups is 2. The van der Waals surface area contributed by atoms with Crippen LogP contribution in [0.5, 0.6) is 11.5 Å². The van der Waals surface area contributed by atoms with Gasteiger partial charge in [0.05, 0.1) is 16.8 Å². The number of benzene rings is 2. The van der Waals surface area contributed by atoms with E-state index in [1.165, 1.54) is 30.3 Å². The van der Waals surface area contributed by atoms with Crippen LogP contribution in [0.4, 0.5) is 10.1 Å². The van der Waals surface area contributed by atoms with Gasteiger partial charge < -0.3 is 19.9 Å². The van der Waals surface area contributed by atoms with Crippen molar-refractivity contribution in [2.45, 2.75) is 0 Å². The highest BCUT2D eigenvalue weighted by atomic mass is 19.1. The second-order valence-corrected chi connectivity index (χ2v) is 4.78. The molecule has 23 heavy (non-hydrogen) atoms. The Hall–Kier alpha value is -3.09. The van der Waals surface area contributed by atoms with Gasteiger partial charge in [-0.25, -0.2) is 9.18 Å². The third kappa shape index (κ3) is 2.94. The van der Waals surface area contributed by atoms with E-state index in [-0.39, 0.29) is 22.6 Å². The van der Waals surface area contributed by atoms with E-state index in [1.54, 1.807) is 0 Å². The molecule has 0 atom stereocenters. The van der Waals surface area contributed by atoms with Crippen LogP contribution < -0.4 is 14.8 Å². The standard InChI is InChI=1S/C16H12FNO5/c17-11-4-2-1-3-9(11)15(19)18-12-8-14-13(22-5-6-23-14)7-10(12)16(20)21/h1-4,7-8H,5-6H2,(H,18,19)(H,20,21). The van der Waals surface area contributed by atoms with Crippen molar-refractivity contribution in [1.29, 1.82) is 0 Å². The van der Waals surface area contributed by atoms with E-state index in [4.69, 9.17) is 9.47 Å². The molecule has 0 aromatic heterocycles. The molecule has 1 aliphatic heterocycles. The van der Waals surface area contributed by atoms with Crippen molar-refractivity contribution in [2.24, 2.45) is 0 Å². The maximum atomic E-state index is 13.7. The van der Waals surface area contributed by atoms with Crippen molar-refractivity contribution in [3.8, 4) is 11.5 Å². The maximum Gasteiger partial charge on any atom is 0.337 e. The molecule has 0 saturated carbocycles. The summed E-state index contributed by atoms with van der Waals surface area (Å²) < 4.78 is 24.3. The molecule has 0 spiro atoms. The van der Waals surface area contributed by atoms with Gasteiger partial charge in [-0.3, -0.25) is 4.79 Å². The Morgan fingerprint density at radius 3 is 2.35 bits per heavy atom. The van der Waals surface area contributed by atoms with Crippen LogP contribution in [0.25, 0.3) is 0 Å². The summed E-state index contributed by atoms with van der Waals surface area (Å²) in [5.41, 5.74) is -0.340. The molecule has 2 N–H and O–H groups in total. The third-order valence-electron chi connectivity index (χ3n) is 3.28. The van der Waals surface area contributed by atoms with Gasteiger partial charge in [0.2, 0.25) is 0 Å². The van der Waals surface area contributed by atoms with Gasteiger partial charge in [-0.1, -0.05) is 12.1 Å². The summed E-state index contributed by atoms with van der Waals surface area (Å²) in [5.74, 6) is -2.07. The number of ether oxygens (including phenoxy) is 2. The van der Waals surface area contributed by atoms with E-state index in [2.05, 4.69) is 5.32 Å². The molecule has 0 bridgehead atoms. The van der Waals surface area contributed by atoms with Crippen LogP contribution in [0, 0.1) is 5.82 Å². The van der Waals surface area contributed by atoms with Gasteiger partial charge in [-0.15, -0.1) is 0 Å². The number of hydrogen-bond acceptors (Lipinski definition) is 4. The number of nitrogens with one attached hydrogen (secondary N) is 1. The summed E-state index contributed by atoms with van der Waals surface area (Å²) >= 11 is 0. The first kappa shape index (κ1) is 14.8. The zero-order valence-corrected chi connectivity index (χ0v) is 11.8. The Labute approximate surface area is 130 Å². The summed E-state index contributed by atoms with van der Waals surface area (Å²) in [7, 11) is 0. The third-order valence-corrected chi connectivity index (χ3v) is 3.28. The fourth-order valence-electron chi connectivity index (χ4n) is 2.20. The summed E-state index contributed by atoms with van der Waals surface area (Å²) in [6, 6.07) is 8.06. The molecule has 6 nitrogen and oxygen atoms in total. The van der Waals surface area contributed by atoms with Crippen LogP contribution in [0.15, 0.2) is 36.4 Å². The lowest BCUT2D eigenvalue weighted by atomic mass is 10.1. The number of halogens is 1. The highest BCUT2D eigenvalue weighted by Gasteiger charge is 2.21. The van der Waals surface area contributed by atoms with Crippen molar-refractivity contribution in [1.82, 2.24) is 0 Å². The molecule has 0 radical (unpaired) electrons. The van der Waals surface area contributed by atoms with Crippen LogP contribution in [-0.4, -0.2) is 30.2 Å². The first-order valence-electron chi connectivity index (χ1n) is 6.79. The molecule has 2 aromatic rings. The van der Waals surface area contributed by atoms with E-state index >= 15 is 0 Å². The van der Waals surface area contributed by atoms with Gasteiger partial charge in [0.25, 0.3) is 5.91 Å². The molecule has 1 aliphatic rings. The number of carboxylic acid groups (broad SMARTS) is 1. The Kier molecular flexibility index (Phi) is 3.84. The molecule has 2 aromatic carbocycles. The Morgan fingerprint density at radius 2 is 1.70 bits per heavy atom. The first-order chi connectivity index (χ1) is 11.1. The molecular weight excluding hydrogens is 305 g/mol. The fourth-order valence-corrected chi connectivity index (χ4v) is 2.20. The van der Waals surface area contributed by atoms with E-state index in [9.17, 15) is 19.1 Å². The monoisotopic (exact) mass is 317 g/mol. The zero-order chi connectivity index (χ0) is 16.4. The minimum atomic E-state index is -1.24. The van der Waals surface area contributed by atoms with Gasteiger partial charge in [-0.2, -0.15) is 0 Å². The van der Waals surface area contributed by atoms with Gasteiger partial charge in [-0.05, 0) is 12.1 Å². The predicted octanol–water partition coefficient (Wildman–Crippen LogP) is 2.55. The van der Waals surface area contributed by atoms with Crippen molar-refractivity contribution in [2.75, 3.05) is 18.5 Å². The molecular formula is C16H12FNO5. The number of hydrogen-bond donors (Lipinski definition) is 2. The minimum Gasteiger partial charge on any atom is -0.486 e. The average Bonchev–Trinajstić information content (AvgIpc) is 2.54. The van der Waals surface area contributed by atoms with Gasteiger partial charge >= 0.3 is 5.97 Å². The van der Waals surface area contributed by atoms with E-state index in [1.807, 2.05) is 0 Å². The van der Waals surface area contributed by atoms with Crippen LogP contribution in [0.2, 0.25) is 0 Å². The highest BCUT2D eigenvalue weighted by Crippen LogP contribution is 2.35. The van der Waals surface area contributed by atoms with Crippen molar-refractivity contribution < 1.29 is 28.6 Å². The Bertz CT molecular complexity index is 790. The normalized spacial score (nSPS) is 12.6. The number of amides is 1. The number of anilines is 1. The summed E-state index contributed by atoms with van der Waals surface area (Å²) in [6.07, 6.45) is 0. The predicted molar refractivity (Wildman–Crippen MR) is 78.7 cm³/mol. The summed E-state index contributed by atoms with van der Waals surface area (Å²) in [6.45, 7) is 0.632. The molecule has 118 valence electrons. The van der Waals surface area contributed by atoms with E-state index in [0.717, 1.165) is 6.07 Å². The largest absolute Gasteiger partial charge is 0.486 e. The van der Waals surface area contributed by atoms with Crippen LogP contribution in [0.1, 0.15) is 20.7 Å². The van der Waals surface area contributed by atoms with Crippen LogP contribution in [0.3, 0.4) is 0 Å². The molecule has 0 unspecified atom stereocenters. The van der Waals surface area contributed by atoms with E-state index in [0.29, 0.717) is 19.0 Å². The van der Waals surface area contributed by atoms with Gasteiger partial charge in [0, 0.05) is 12.1 Å². The zero-order valence-electron chi connectivity index (χ0n) is 11.8. The second kappa shape index (κ2) is 5.96. The molecule has 1 heterocycles. The number of carbonyl (C=O) groups excluding carboxylic acids is 1. The molecule has 0 aliphatic carbocycles. The van der Waals surface area contributed by atoms with Crippen molar-refractivity contribution in [3.63, 3.8) is 0 Å². The molecule has 0 saturated heterocycles. The van der Waals surface area contributed by atoms with Gasteiger partial charge in [0.1, 0.15) is 19.0 Å². The van der Waals surface area contributed by atoms with Crippen LogP contribution >= 0.6 is 0 Å². The minimum absolute atomic E-state index is 0.00926. The molecule has 1 amide bonds. The van der Waals surface area contributed by atoms with E-state index < -0.39 is 17.7 Å². The SMILES string of the molecule is O=C(Nc1cc2c(cc1C(=O)O)OCCO2)c1ccccc1F. The van der Waals surface area contributed by atoms with Crippen LogP contribution in [-0.2, 0) is 0 Å². The van der Waals surface area contributed by atoms with Gasteiger partial charge in [0.15, 0.2) is 11.5 Å². The topological polar surface area (TPSA) is 84.9 Å². The summed E-state index contributed by atoms with van der Waals surface area (Å²) in [4.78, 5) is 23.5. The second-order valence-electron chi connectivity index (χ2n) is 4.78. The highest BCUT2D eigenvalue weighted by molar-refractivity contribution is 6.08. The first-order valence-corrected chi connectivity index (χ1v) is 6.79. The lowest BCUT2D eigenvalue weighted by molar-refractivity contribution is 0.0697. The quantitative estimate of drug-likeness (QED) is 0.909. The van der Waals surface area contributed by atoms with Crippen molar-refractivity contribution >= 4 is 17.6 Å². The molecule has 0 fully saturated rings. The average molecular weight is 317 g/mol. The number of carboxylic acids is 1. The lowest BCUT2D eigenvalue weighted by Gasteiger charge is -2.20. The number of rotatable bonds is 3. The molecule has 7 heteroatoms. The lowest BCUT2D eigenvalue weighted by Crippen LogP contribution is -2.19. The number of fused-ring (bicyclic) bond motifs is 1. The Balaban J connectivity index is 1.97. The smallest absolute Gasteiger partial charge is 0.337 e. The Morgan fingerprint density at radius 1 is 1.04 bits per heavy atom. The fraction of sp³-hybridized carbons (Fsp3) is 0.125. The number of aromatic carboxylic acids is 1. The molecule has 3 rings (SSSR count). The summed E-state index contributed by atoms with van der Waals surface area (Å²) in [5, 5.41) is 11.7. The maximum absolute atomic E-state index is 13.7. The van der Waals surface area contributed by atoms with Crippen molar-refractivity contribution in [3.05, 3.63) is 53.3 Å².